The number of carboxylic acid groups (broad SMARTS) is 1. The average Bonchev–Trinajstić information content (AvgIpc) is 2.37. The van der Waals surface area contributed by atoms with Crippen molar-refractivity contribution in [2.24, 2.45) is 11.7 Å². The average molecular weight is 280 g/mol. The monoisotopic (exact) mass is 280 g/mol. The van der Waals surface area contributed by atoms with Gasteiger partial charge in [-0.1, -0.05) is 13.8 Å². The van der Waals surface area contributed by atoms with Crippen molar-refractivity contribution in [1.82, 2.24) is 0 Å². The summed E-state index contributed by atoms with van der Waals surface area (Å²) in [6.45, 7) is 3.61. The van der Waals surface area contributed by atoms with Gasteiger partial charge in [0, 0.05) is 5.69 Å². The van der Waals surface area contributed by atoms with Gasteiger partial charge in [-0.15, -0.1) is 0 Å². The van der Waals surface area contributed by atoms with Crippen LogP contribution in [0.25, 0.3) is 0 Å². The van der Waals surface area contributed by atoms with Gasteiger partial charge in [-0.2, -0.15) is 0 Å². The Balaban J connectivity index is 2.52. The molecule has 1 aromatic carbocycles. The van der Waals surface area contributed by atoms with Gasteiger partial charge in [0.15, 0.2) is 6.61 Å². The minimum absolute atomic E-state index is 0.238. The van der Waals surface area contributed by atoms with Crippen molar-refractivity contribution >= 4 is 17.6 Å². The lowest BCUT2D eigenvalue weighted by Crippen LogP contribution is -2.36. The third-order valence-corrected chi connectivity index (χ3v) is 2.55. The molecule has 0 saturated heterocycles. The van der Waals surface area contributed by atoms with Crippen LogP contribution in [0.5, 0.6) is 5.75 Å². The first kappa shape index (κ1) is 16.0. The van der Waals surface area contributed by atoms with E-state index in [1.165, 1.54) is 0 Å². The number of carbonyl (C=O) groups excluding carboxylic acids is 1. The number of carbonyl (C=O) groups is 2. The summed E-state index contributed by atoms with van der Waals surface area (Å²) in [6, 6.07) is 5.91. The minimum Gasteiger partial charge on any atom is -0.482 e. The Hall–Kier alpha value is -2.08. The molecule has 1 amide bonds. The van der Waals surface area contributed by atoms with Gasteiger partial charge in [-0.3, -0.25) is 4.79 Å². The standard InChI is InChI=1S/C14H20N2O4/c1-9(2)7-12(15)14(19)16-10-3-5-11(6-4-10)20-8-13(17)18/h3-6,9,12H,7-8,15H2,1-2H3,(H,16,19)(H,17,18). The largest absolute Gasteiger partial charge is 0.482 e. The number of aliphatic carboxylic acids is 1. The molecule has 1 aromatic rings. The van der Waals surface area contributed by atoms with E-state index in [0.29, 0.717) is 23.8 Å². The first-order valence-corrected chi connectivity index (χ1v) is 6.39. The molecule has 0 aliphatic carbocycles. The molecule has 0 aliphatic heterocycles. The van der Waals surface area contributed by atoms with Crippen molar-refractivity contribution < 1.29 is 19.4 Å². The van der Waals surface area contributed by atoms with Crippen molar-refractivity contribution in [1.29, 1.82) is 0 Å². The maximum Gasteiger partial charge on any atom is 0.341 e. The molecule has 0 spiro atoms. The molecule has 4 N–H and O–H groups in total. The fraction of sp³-hybridized carbons (Fsp3) is 0.429. The lowest BCUT2D eigenvalue weighted by molar-refractivity contribution is -0.139. The fourth-order valence-corrected chi connectivity index (χ4v) is 1.63. The van der Waals surface area contributed by atoms with E-state index >= 15 is 0 Å². The molecule has 6 heteroatoms. The molecule has 0 fully saturated rings. The molecule has 1 rings (SSSR count). The van der Waals surface area contributed by atoms with Gasteiger partial charge < -0.3 is 20.9 Å². The lowest BCUT2D eigenvalue weighted by atomic mass is 10.0. The van der Waals surface area contributed by atoms with Crippen LogP contribution in [-0.4, -0.2) is 29.6 Å². The van der Waals surface area contributed by atoms with E-state index < -0.39 is 18.6 Å². The van der Waals surface area contributed by atoms with Crippen LogP contribution < -0.4 is 15.8 Å². The van der Waals surface area contributed by atoms with Crippen LogP contribution in [0.15, 0.2) is 24.3 Å². The lowest BCUT2D eigenvalue weighted by Gasteiger charge is -2.14. The first-order chi connectivity index (χ1) is 9.38. The molecule has 1 atom stereocenters. The second kappa shape index (κ2) is 7.49. The second-order valence-electron chi connectivity index (χ2n) is 4.93. The predicted molar refractivity (Wildman–Crippen MR) is 75.6 cm³/mol. The van der Waals surface area contributed by atoms with Gasteiger partial charge in [-0.05, 0) is 36.6 Å². The van der Waals surface area contributed by atoms with Crippen molar-refractivity contribution in [3.8, 4) is 5.75 Å². The molecular weight excluding hydrogens is 260 g/mol. The summed E-state index contributed by atoms with van der Waals surface area (Å²) in [6.07, 6.45) is 0.617. The number of nitrogens with one attached hydrogen (secondary N) is 1. The van der Waals surface area contributed by atoms with Gasteiger partial charge in [0.25, 0.3) is 0 Å². The Kier molecular flexibility index (Phi) is 5.99. The first-order valence-electron chi connectivity index (χ1n) is 6.39. The highest BCUT2D eigenvalue weighted by molar-refractivity contribution is 5.94. The van der Waals surface area contributed by atoms with Crippen LogP contribution in [0.1, 0.15) is 20.3 Å². The van der Waals surface area contributed by atoms with Crippen LogP contribution in [-0.2, 0) is 9.59 Å². The fourth-order valence-electron chi connectivity index (χ4n) is 1.63. The van der Waals surface area contributed by atoms with Crippen LogP contribution in [0, 0.1) is 5.92 Å². The number of ether oxygens (including phenoxy) is 1. The predicted octanol–water partition coefficient (Wildman–Crippen LogP) is 1.46. The van der Waals surface area contributed by atoms with E-state index in [1.807, 2.05) is 13.8 Å². The Morgan fingerprint density at radius 2 is 1.90 bits per heavy atom. The third kappa shape index (κ3) is 5.71. The van der Waals surface area contributed by atoms with Crippen LogP contribution in [0.2, 0.25) is 0 Å². The van der Waals surface area contributed by atoms with Crippen molar-refractivity contribution in [2.45, 2.75) is 26.3 Å². The zero-order valence-corrected chi connectivity index (χ0v) is 11.6. The molecule has 0 heterocycles. The Labute approximate surface area is 117 Å². The summed E-state index contributed by atoms with van der Waals surface area (Å²) < 4.78 is 4.99. The summed E-state index contributed by atoms with van der Waals surface area (Å²) in [5, 5.41) is 11.2. The number of rotatable bonds is 7. The molecule has 0 bridgehead atoms. The smallest absolute Gasteiger partial charge is 0.341 e. The summed E-state index contributed by atoms with van der Waals surface area (Å²) >= 11 is 0. The van der Waals surface area contributed by atoms with E-state index in [0.717, 1.165) is 0 Å². The zero-order chi connectivity index (χ0) is 15.1. The number of hydrogen-bond donors (Lipinski definition) is 3. The summed E-state index contributed by atoms with van der Waals surface area (Å²) in [5.41, 5.74) is 6.37. The molecule has 0 saturated carbocycles. The van der Waals surface area contributed by atoms with E-state index in [9.17, 15) is 9.59 Å². The zero-order valence-electron chi connectivity index (χ0n) is 11.6. The number of hydrogen-bond acceptors (Lipinski definition) is 4. The molecular formula is C14H20N2O4. The van der Waals surface area contributed by atoms with Gasteiger partial charge in [0.05, 0.1) is 6.04 Å². The highest BCUT2D eigenvalue weighted by Gasteiger charge is 2.14. The number of anilines is 1. The highest BCUT2D eigenvalue weighted by atomic mass is 16.5. The second-order valence-corrected chi connectivity index (χ2v) is 4.93. The number of carboxylic acids is 1. The number of nitrogens with two attached hydrogens (primary N) is 1. The van der Waals surface area contributed by atoms with Crippen molar-refractivity contribution in [2.75, 3.05) is 11.9 Å². The highest BCUT2D eigenvalue weighted by Crippen LogP contribution is 2.16. The van der Waals surface area contributed by atoms with Crippen LogP contribution in [0.4, 0.5) is 5.69 Å². The molecule has 0 radical (unpaired) electrons. The van der Waals surface area contributed by atoms with Crippen molar-refractivity contribution in [3.63, 3.8) is 0 Å². The Bertz CT molecular complexity index is 457. The molecule has 20 heavy (non-hydrogen) atoms. The number of amides is 1. The Morgan fingerprint density at radius 1 is 1.30 bits per heavy atom. The van der Waals surface area contributed by atoms with Crippen LogP contribution in [0.3, 0.4) is 0 Å². The molecule has 0 aromatic heterocycles. The van der Waals surface area contributed by atoms with E-state index in [1.54, 1.807) is 24.3 Å². The van der Waals surface area contributed by atoms with Gasteiger partial charge in [0.2, 0.25) is 5.91 Å². The topological polar surface area (TPSA) is 102 Å². The maximum atomic E-state index is 11.8. The maximum absolute atomic E-state index is 11.8. The van der Waals surface area contributed by atoms with Gasteiger partial charge in [-0.25, -0.2) is 4.79 Å². The third-order valence-electron chi connectivity index (χ3n) is 2.55. The van der Waals surface area contributed by atoms with E-state index in [-0.39, 0.29) is 5.91 Å². The quantitative estimate of drug-likeness (QED) is 0.702. The van der Waals surface area contributed by atoms with E-state index in [2.05, 4.69) is 5.32 Å². The number of benzene rings is 1. The molecule has 0 aliphatic rings. The van der Waals surface area contributed by atoms with Gasteiger partial charge >= 0.3 is 5.97 Å². The molecule has 1 unspecified atom stereocenters. The van der Waals surface area contributed by atoms with Gasteiger partial charge in [0.1, 0.15) is 5.75 Å². The molecule has 6 nitrogen and oxygen atoms in total. The SMILES string of the molecule is CC(C)CC(N)C(=O)Nc1ccc(OCC(=O)O)cc1. The molecule has 110 valence electrons. The van der Waals surface area contributed by atoms with Crippen LogP contribution >= 0.6 is 0 Å². The normalized spacial score (nSPS) is 12.0. The summed E-state index contributed by atoms with van der Waals surface area (Å²) in [4.78, 5) is 22.2. The Morgan fingerprint density at radius 3 is 2.40 bits per heavy atom. The summed E-state index contributed by atoms with van der Waals surface area (Å²) in [5.74, 6) is -0.501. The van der Waals surface area contributed by atoms with Crippen molar-refractivity contribution in [3.05, 3.63) is 24.3 Å². The summed E-state index contributed by atoms with van der Waals surface area (Å²) in [7, 11) is 0. The van der Waals surface area contributed by atoms with E-state index in [4.69, 9.17) is 15.6 Å². The minimum atomic E-state index is -1.04.